The average molecular weight is 210 g/mol. The standard InChI is InChI=1S/C9H6S3/c1-2-3-6-4-7-8(11-6)5-9(10)12-7/h4-5,10H,1H3. The lowest BCUT2D eigenvalue weighted by Crippen LogP contribution is -1.55. The zero-order chi connectivity index (χ0) is 8.55. The van der Waals surface area contributed by atoms with Crippen LogP contribution >= 0.6 is 35.3 Å². The van der Waals surface area contributed by atoms with Crippen LogP contribution in [0, 0.1) is 11.8 Å². The summed E-state index contributed by atoms with van der Waals surface area (Å²) in [7, 11) is 0. The zero-order valence-corrected chi connectivity index (χ0v) is 8.95. The molecule has 0 amide bonds. The maximum Gasteiger partial charge on any atom is 0.0789 e. The van der Waals surface area contributed by atoms with Crippen LogP contribution in [0.2, 0.25) is 0 Å². The second-order valence-electron chi connectivity index (χ2n) is 2.30. The fourth-order valence-electron chi connectivity index (χ4n) is 1.01. The topological polar surface area (TPSA) is 0 Å². The van der Waals surface area contributed by atoms with Crippen molar-refractivity contribution < 1.29 is 0 Å². The molecule has 0 aliphatic heterocycles. The van der Waals surface area contributed by atoms with Crippen LogP contribution in [0.3, 0.4) is 0 Å². The molecule has 0 saturated heterocycles. The Morgan fingerprint density at radius 2 is 2.00 bits per heavy atom. The molecule has 0 unspecified atom stereocenters. The van der Waals surface area contributed by atoms with Gasteiger partial charge in [0.05, 0.1) is 9.09 Å². The van der Waals surface area contributed by atoms with Crippen molar-refractivity contribution in [3.63, 3.8) is 0 Å². The van der Waals surface area contributed by atoms with Crippen molar-refractivity contribution >= 4 is 44.7 Å². The average Bonchev–Trinajstić information content (AvgIpc) is 2.44. The van der Waals surface area contributed by atoms with Crippen molar-refractivity contribution in [2.24, 2.45) is 0 Å². The fraction of sp³-hybridized carbons (Fsp3) is 0.111. The predicted octanol–water partition coefficient (Wildman–Crippen LogP) is 3.62. The van der Waals surface area contributed by atoms with E-state index in [1.165, 1.54) is 9.40 Å². The van der Waals surface area contributed by atoms with Gasteiger partial charge in [-0.15, -0.1) is 41.2 Å². The molecule has 0 N–H and O–H groups in total. The Balaban J connectivity index is 2.62. The van der Waals surface area contributed by atoms with Gasteiger partial charge in [0.1, 0.15) is 0 Å². The van der Waals surface area contributed by atoms with Gasteiger partial charge < -0.3 is 0 Å². The number of hydrogen-bond donors (Lipinski definition) is 1. The van der Waals surface area contributed by atoms with E-state index in [9.17, 15) is 0 Å². The SMILES string of the molecule is CC#Cc1cc2sc(S)cc2s1. The summed E-state index contributed by atoms with van der Waals surface area (Å²) in [6.45, 7) is 1.86. The molecular weight excluding hydrogens is 204 g/mol. The zero-order valence-electron chi connectivity index (χ0n) is 6.42. The highest BCUT2D eigenvalue weighted by Gasteiger charge is 2.02. The Kier molecular flexibility index (Phi) is 2.14. The number of hydrogen-bond acceptors (Lipinski definition) is 3. The molecule has 0 fully saturated rings. The fourth-order valence-corrected chi connectivity index (χ4v) is 3.56. The molecule has 2 heterocycles. The van der Waals surface area contributed by atoms with Crippen molar-refractivity contribution in [3.05, 3.63) is 17.0 Å². The van der Waals surface area contributed by atoms with E-state index < -0.39 is 0 Å². The lowest BCUT2D eigenvalue weighted by molar-refractivity contribution is 1.83. The first kappa shape index (κ1) is 8.18. The van der Waals surface area contributed by atoms with Crippen LogP contribution in [-0.2, 0) is 0 Å². The molecule has 2 aromatic heterocycles. The summed E-state index contributed by atoms with van der Waals surface area (Å²) in [5, 5.41) is 0. The third-order valence-corrected chi connectivity index (χ3v) is 3.86. The van der Waals surface area contributed by atoms with Gasteiger partial charge in [0.2, 0.25) is 0 Å². The summed E-state index contributed by atoms with van der Waals surface area (Å²) in [4.78, 5) is 1.15. The Hall–Kier alpha value is -0.430. The maximum atomic E-state index is 4.28. The first-order chi connectivity index (χ1) is 5.79. The molecule has 0 bridgehead atoms. The first-order valence-corrected chi connectivity index (χ1v) is 5.53. The van der Waals surface area contributed by atoms with Crippen LogP contribution in [0.1, 0.15) is 11.8 Å². The number of thiophene rings is 2. The molecule has 0 spiro atoms. The number of fused-ring (bicyclic) bond motifs is 1. The summed E-state index contributed by atoms with van der Waals surface area (Å²) >= 11 is 7.72. The summed E-state index contributed by atoms with van der Waals surface area (Å²) in [6.07, 6.45) is 0. The molecule has 0 atom stereocenters. The Bertz CT molecular complexity index is 433. The van der Waals surface area contributed by atoms with Crippen molar-refractivity contribution in [1.29, 1.82) is 0 Å². The van der Waals surface area contributed by atoms with E-state index in [0.717, 1.165) is 9.09 Å². The molecule has 0 aliphatic carbocycles. The molecule has 3 heteroatoms. The van der Waals surface area contributed by atoms with Gasteiger partial charge in [0.15, 0.2) is 0 Å². The predicted molar refractivity (Wildman–Crippen MR) is 59.5 cm³/mol. The lowest BCUT2D eigenvalue weighted by Gasteiger charge is -1.75. The van der Waals surface area contributed by atoms with E-state index in [1.807, 2.05) is 6.92 Å². The van der Waals surface area contributed by atoms with Crippen LogP contribution in [0.15, 0.2) is 16.3 Å². The van der Waals surface area contributed by atoms with Gasteiger partial charge in [-0.3, -0.25) is 0 Å². The molecular formula is C9H6S3. The highest BCUT2D eigenvalue weighted by molar-refractivity contribution is 7.83. The van der Waals surface area contributed by atoms with E-state index in [0.29, 0.717) is 0 Å². The minimum atomic E-state index is 1.08. The van der Waals surface area contributed by atoms with Crippen LogP contribution in [0.4, 0.5) is 0 Å². The van der Waals surface area contributed by atoms with Crippen LogP contribution in [0.5, 0.6) is 0 Å². The number of rotatable bonds is 0. The molecule has 0 nitrogen and oxygen atoms in total. The number of thiol groups is 1. The third-order valence-electron chi connectivity index (χ3n) is 1.44. The second kappa shape index (κ2) is 3.14. The highest BCUT2D eigenvalue weighted by Crippen LogP contribution is 2.34. The van der Waals surface area contributed by atoms with Gasteiger partial charge in [-0.05, 0) is 19.1 Å². The van der Waals surface area contributed by atoms with Gasteiger partial charge in [-0.2, -0.15) is 0 Å². The van der Waals surface area contributed by atoms with E-state index in [-0.39, 0.29) is 0 Å². The van der Waals surface area contributed by atoms with Gasteiger partial charge in [-0.25, -0.2) is 0 Å². The van der Waals surface area contributed by atoms with Crippen molar-refractivity contribution in [2.75, 3.05) is 0 Å². The largest absolute Gasteiger partial charge is 0.133 e. The summed E-state index contributed by atoms with van der Waals surface area (Å²) in [6, 6.07) is 4.22. The minimum Gasteiger partial charge on any atom is -0.133 e. The van der Waals surface area contributed by atoms with Crippen molar-refractivity contribution in [2.45, 2.75) is 11.1 Å². The normalized spacial score (nSPS) is 9.83. The van der Waals surface area contributed by atoms with Crippen LogP contribution < -0.4 is 0 Å². The quantitative estimate of drug-likeness (QED) is 0.498. The van der Waals surface area contributed by atoms with Crippen LogP contribution in [-0.4, -0.2) is 0 Å². The molecule has 12 heavy (non-hydrogen) atoms. The maximum absolute atomic E-state index is 4.28. The van der Waals surface area contributed by atoms with E-state index in [4.69, 9.17) is 0 Å². The van der Waals surface area contributed by atoms with Crippen molar-refractivity contribution in [1.82, 2.24) is 0 Å². The van der Waals surface area contributed by atoms with Gasteiger partial charge >= 0.3 is 0 Å². The van der Waals surface area contributed by atoms with E-state index in [2.05, 4.69) is 36.6 Å². The molecule has 0 radical (unpaired) electrons. The molecule has 0 saturated carbocycles. The monoisotopic (exact) mass is 210 g/mol. The summed E-state index contributed by atoms with van der Waals surface area (Å²) in [5.41, 5.74) is 0. The van der Waals surface area contributed by atoms with Gasteiger partial charge in [0, 0.05) is 9.40 Å². The lowest BCUT2D eigenvalue weighted by atomic mass is 10.4. The van der Waals surface area contributed by atoms with E-state index >= 15 is 0 Å². The highest BCUT2D eigenvalue weighted by atomic mass is 32.2. The van der Waals surface area contributed by atoms with E-state index in [1.54, 1.807) is 22.7 Å². The van der Waals surface area contributed by atoms with Gasteiger partial charge in [0.25, 0.3) is 0 Å². The second-order valence-corrected chi connectivity index (χ2v) is 5.25. The molecule has 0 aliphatic rings. The minimum absolute atomic E-state index is 1.08. The summed E-state index contributed by atoms with van der Waals surface area (Å²) < 4.78 is 3.66. The molecule has 60 valence electrons. The Morgan fingerprint density at radius 3 is 2.67 bits per heavy atom. The molecule has 0 aromatic carbocycles. The summed E-state index contributed by atoms with van der Waals surface area (Å²) in [5.74, 6) is 5.95. The Labute approximate surface area is 84.6 Å². The molecule has 2 rings (SSSR count). The Morgan fingerprint density at radius 1 is 1.25 bits per heavy atom. The van der Waals surface area contributed by atoms with Crippen LogP contribution in [0.25, 0.3) is 9.40 Å². The first-order valence-electron chi connectivity index (χ1n) is 3.44. The van der Waals surface area contributed by atoms with Crippen molar-refractivity contribution in [3.8, 4) is 11.8 Å². The third kappa shape index (κ3) is 1.38. The molecule has 2 aromatic rings. The smallest absolute Gasteiger partial charge is 0.0789 e. The van der Waals surface area contributed by atoms with Gasteiger partial charge in [-0.1, -0.05) is 5.92 Å².